The van der Waals surface area contributed by atoms with E-state index in [1.807, 2.05) is 12.1 Å². The number of hydrazone groups is 1. The zero-order valence-corrected chi connectivity index (χ0v) is 15.8. The van der Waals surface area contributed by atoms with Gasteiger partial charge in [0.1, 0.15) is 5.82 Å². The maximum Gasteiger partial charge on any atom is 0.245 e. The van der Waals surface area contributed by atoms with Gasteiger partial charge in [0.2, 0.25) is 11.8 Å². The van der Waals surface area contributed by atoms with Gasteiger partial charge in [0.05, 0.1) is 17.2 Å². The molecule has 0 spiro atoms. The molecule has 1 fully saturated rings. The second kappa shape index (κ2) is 7.97. The Morgan fingerprint density at radius 1 is 1.31 bits per heavy atom. The van der Waals surface area contributed by atoms with Gasteiger partial charge < -0.3 is 4.90 Å². The van der Waals surface area contributed by atoms with Crippen LogP contribution in [-0.2, 0) is 9.59 Å². The molecular weight excluding hydrogens is 425 g/mol. The van der Waals surface area contributed by atoms with E-state index in [1.165, 1.54) is 18.2 Å². The molecule has 1 atom stereocenters. The monoisotopic (exact) mass is 437 g/mol. The summed E-state index contributed by atoms with van der Waals surface area (Å²) in [4.78, 5) is 26.0. The lowest BCUT2D eigenvalue weighted by Gasteiger charge is -2.16. The van der Waals surface area contributed by atoms with Crippen LogP contribution in [0.5, 0.6) is 0 Å². The fraction of sp³-hybridized carbons (Fsp3) is 0.167. The summed E-state index contributed by atoms with van der Waals surface area (Å²) in [5.41, 5.74) is 3.17. The van der Waals surface area contributed by atoms with Gasteiger partial charge in [-0.05, 0) is 36.4 Å². The van der Waals surface area contributed by atoms with Crippen molar-refractivity contribution in [3.05, 3.63) is 63.3 Å². The Morgan fingerprint density at radius 2 is 2.04 bits per heavy atom. The quantitative estimate of drug-likeness (QED) is 0.584. The third-order valence-electron chi connectivity index (χ3n) is 4.00. The summed E-state index contributed by atoms with van der Waals surface area (Å²) in [6.07, 6.45) is 1.25. The minimum Gasteiger partial charge on any atom is -0.312 e. The molecule has 0 saturated carbocycles. The lowest BCUT2D eigenvalue weighted by atomic mass is 10.1. The van der Waals surface area contributed by atoms with Gasteiger partial charge in [0, 0.05) is 28.7 Å². The number of carbonyl (C=O) groups is 2. The predicted octanol–water partition coefficient (Wildman–Crippen LogP) is 3.74. The van der Waals surface area contributed by atoms with Crippen LogP contribution < -0.4 is 10.3 Å². The Bertz CT molecular complexity index is 853. The highest BCUT2D eigenvalue weighted by Gasteiger charge is 2.35. The number of nitrogens with zero attached hydrogens (tertiary/aromatic N) is 2. The van der Waals surface area contributed by atoms with Crippen molar-refractivity contribution >= 4 is 51.2 Å². The van der Waals surface area contributed by atoms with Crippen LogP contribution >= 0.6 is 27.5 Å². The fourth-order valence-electron chi connectivity index (χ4n) is 2.64. The van der Waals surface area contributed by atoms with Gasteiger partial charge in [-0.25, -0.2) is 9.82 Å². The number of benzene rings is 2. The average molecular weight is 439 g/mol. The molecule has 134 valence electrons. The Hall–Kier alpha value is -2.25. The molecule has 0 aliphatic carbocycles. The van der Waals surface area contributed by atoms with Gasteiger partial charge in [0.25, 0.3) is 0 Å². The number of carbonyl (C=O) groups excluding carboxylic acids is 2. The van der Waals surface area contributed by atoms with Crippen LogP contribution in [0.2, 0.25) is 5.02 Å². The minimum atomic E-state index is -0.534. The summed E-state index contributed by atoms with van der Waals surface area (Å²) >= 11 is 9.23. The average Bonchev–Trinajstić information content (AvgIpc) is 3.00. The Morgan fingerprint density at radius 3 is 2.73 bits per heavy atom. The molecule has 2 aromatic carbocycles. The van der Waals surface area contributed by atoms with E-state index in [-0.39, 0.29) is 29.5 Å². The second-order valence-corrected chi connectivity index (χ2v) is 7.07. The molecule has 0 bridgehead atoms. The number of hydrogen-bond donors (Lipinski definition) is 1. The summed E-state index contributed by atoms with van der Waals surface area (Å²) in [5, 5.41) is 3.95. The number of halogens is 3. The molecule has 26 heavy (non-hydrogen) atoms. The lowest BCUT2D eigenvalue weighted by molar-refractivity contribution is -0.126. The summed E-state index contributed by atoms with van der Waals surface area (Å²) < 4.78 is 14.6. The van der Waals surface area contributed by atoms with Crippen LogP contribution in [0.15, 0.2) is 52.0 Å². The molecular formula is C18H14BrClFN3O2. The highest BCUT2D eigenvalue weighted by atomic mass is 79.9. The molecule has 1 aliphatic heterocycles. The van der Waals surface area contributed by atoms with Gasteiger partial charge in [-0.3, -0.25) is 9.59 Å². The van der Waals surface area contributed by atoms with Crippen LogP contribution in [0.1, 0.15) is 12.0 Å². The molecule has 1 N–H and O–H groups in total. The zero-order chi connectivity index (χ0) is 18.7. The maximum absolute atomic E-state index is 13.7. The number of anilines is 1. The zero-order valence-electron chi connectivity index (χ0n) is 13.5. The van der Waals surface area contributed by atoms with E-state index in [9.17, 15) is 14.0 Å². The van der Waals surface area contributed by atoms with E-state index in [4.69, 9.17) is 11.6 Å². The second-order valence-electron chi connectivity index (χ2n) is 5.75. The summed E-state index contributed by atoms with van der Waals surface area (Å²) in [7, 11) is 0. The van der Waals surface area contributed by atoms with Gasteiger partial charge in [-0.2, -0.15) is 5.10 Å². The van der Waals surface area contributed by atoms with Gasteiger partial charge in [-0.15, -0.1) is 0 Å². The van der Waals surface area contributed by atoms with Gasteiger partial charge in [-0.1, -0.05) is 33.6 Å². The molecule has 0 aromatic heterocycles. The first-order chi connectivity index (χ1) is 12.5. The number of amides is 2. The SMILES string of the molecule is O=C(N/N=C/c1c(F)cccc1Cl)[C@H]1CC(=O)N(c2ccc(Br)cc2)C1. The highest BCUT2D eigenvalue weighted by Crippen LogP contribution is 2.26. The topological polar surface area (TPSA) is 61.8 Å². The highest BCUT2D eigenvalue weighted by molar-refractivity contribution is 9.10. The summed E-state index contributed by atoms with van der Waals surface area (Å²) in [5.74, 6) is -1.59. The van der Waals surface area contributed by atoms with E-state index in [2.05, 4.69) is 26.5 Å². The maximum atomic E-state index is 13.7. The molecule has 5 nitrogen and oxygen atoms in total. The first-order valence-corrected chi connectivity index (χ1v) is 8.95. The predicted molar refractivity (Wildman–Crippen MR) is 102 cm³/mol. The van der Waals surface area contributed by atoms with Crippen molar-refractivity contribution in [3.63, 3.8) is 0 Å². The van der Waals surface area contributed by atoms with Crippen LogP contribution in [0.4, 0.5) is 10.1 Å². The smallest absolute Gasteiger partial charge is 0.245 e. The van der Waals surface area contributed by atoms with Crippen molar-refractivity contribution in [2.45, 2.75) is 6.42 Å². The van der Waals surface area contributed by atoms with Crippen LogP contribution in [0, 0.1) is 11.7 Å². The molecule has 0 unspecified atom stereocenters. The Labute approximate surface area is 163 Å². The third-order valence-corrected chi connectivity index (χ3v) is 4.86. The van der Waals surface area contributed by atoms with E-state index >= 15 is 0 Å². The van der Waals surface area contributed by atoms with Crippen LogP contribution in [0.3, 0.4) is 0 Å². The normalized spacial score (nSPS) is 17.1. The van der Waals surface area contributed by atoms with E-state index < -0.39 is 17.6 Å². The molecule has 1 aliphatic rings. The minimum absolute atomic E-state index is 0.0912. The van der Waals surface area contributed by atoms with Crippen molar-refractivity contribution in [1.82, 2.24) is 5.43 Å². The summed E-state index contributed by atoms with van der Waals surface area (Å²) in [6.45, 7) is 0.266. The Kier molecular flexibility index (Phi) is 5.68. The number of nitrogens with one attached hydrogen (secondary N) is 1. The molecule has 8 heteroatoms. The van der Waals surface area contributed by atoms with E-state index in [1.54, 1.807) is 17.0 Å². The first kappa shape index (κ1) is 18.5. The van der Waals surface area contributed by atoms with Crippen LogP contribution in [0.25, 0.3) is 0 Å². The van der Waals surface area contributed by atoms with Crippen molar-refractivity contribution in [2.75, 3.05) is 11.4 Å². The molecule has 2 aromatic rings. The first-order valence-electron chi connectivity index (χ1n) is 7.78. The number of hydrogen-bond acceptors (Lipinski definition) is 3. The van der Waals surface area contributed by atoms with Crippen molar-refractivity contribution in [3.8, 4) is 0 Å². The molecule has 3 rings (SSSR count). The van der Waals surface area contributed by atoms with Gasteiger partial charge >= 0.3 is 0 Å². The largest absolute Gasteiger partial charge is 0.312 e. The van der Waals surface area contributed by atoms with Crippen LogP contribution in [-0.4, -0.2) is 24.6 Å². The van der Waals surface area contributed by atoms with E-state index in [0.29, 0.717) is 0 Å². The molecule has 2 amide bonds. The number of rotatable bonds is 4. The van der Waals surface area contributed by atoms with E-state index in [0.717, 1.165) is 16.4 Å². The van der Waals surface area contributed by atoms with Gasteiger partial charge in [0.15, 0.2) is 0 Å². The molecule has 0 radical (unpaired) electrons. The molecule has 1 heterocycles. The van der Waals surface area contributed by atoms with Crippen molar-refractivity contribution in [1.29, 1.82) is 0 Å². The third kappa shape index (κ3) is 4.11. The summed E-state index contributed by atoms with van der Waals surface area (Å²) in [6, 6.07) is 11.5. The molecule has 1 saturated heterocycles. The fourth-order valence-corrected chi connectivity index (χ4v) is 3.12. The Balaban J connectivity index is 1.63. The lowest BCUT2D eigenvalue weighted by Crippen LogP contribution is -2.30. The standard InChI is InChI=1S/C18H14BrClFN3O2/c19-12-4-6-13(7-5-12)24-10-11(8-17(24)25)18(26)23-22-9-14-15(20)2-1-3-16(14)21/h1-7,9,11H,8,10H2,(H,23,26)/b22-9+/t11-/m0/s1. The van der Waals surface area contributed by atoms with Crippen molar-refractivity contribution < 1.29 is 14.0 Å². The van der Waals surface area contributed by atoms with Crippen molar-refractivity contribution in [2.24, 2.45) is 11.0 Å².